The smallest absolute Gasteiger partial charge is 0.302 e. The summed E-state index contributed by atoms with van der Waals surface area (Å²) in [6, 6.07) is 0. The summed E-state index contributed by atoms with van der Waals surface area (Å²) in [6.07, 6.45) is 14.3. The fourth-order valence-corrected chi connectivity index (χ4v) is 1.49. The first-order chi connectivity index (χ1) is 9.77. The highest BCUT2D eigenvalue weighted by Gasteiger charge is 1.93. The average Bonchev–Trinajstić information content (AvgIpc) is 2.43. The molecule has 0 atom stereocenters. The molecule has 0 aliphatic rings. The van der Waals surface area contributed by atoms with E-state index in [1.54, 1.807) is 6.08 Å². The Morgan fingerprint density at radius 1 is 1.00 bits per heavy atom. The molecule has 0 saturated carbocycles. The largest absolute Gasteiger partial charge is 0.466 e. The highest BCUT2D eigenvalue weighted by Crippen LogP contribution is 2.05. The average molecular weight is 272 g/mol. The van der Waals surface area contributed by atoms with Gasteiger partial charge in [0, 0.05) is 6.92 Å². The summed E-state index contributed by atoms with van der Waals surface area (Å²) in [5.41, 5.74) is 0. The van der Waals surface area contributed by atoms with Crippen LogP contribution in [-0.4, -0.2) is 12.6 Å². The summed E-state index contributed by atoms with van der Waals surface area (Å²) in [4.78, 5) is 10.5. The maximum absolute atomic E-state index is 10.5. The van der Waals surface area contributed by atoms with Crippen LogP contribution in [0, 0.1) is 23.7 Å². The van der Waals surface area contributed by atoms with E-state index >= 15 is 0 Å². The Kier molecular flexibility index (Phi) is 13.7. The van der Waals surface area contributed by atoms with Crippen molar-refractivity contribution in [2.75, 3.05) is 6.61 Å². The number of hydrogen-bond donors (Lipinski definition) is 0. The zero-order valence-electron chi connectivity index (χ0n) is 12.6. The third kappa shape index (κ3) is 16.1. The normalized spacial score (nSPS) is 9.90. The van der Waals surface area contributed by atoms with Crippen molar-refractivity contribution in [3.63, 3.8) is 0 Å². The zero-order valence-corrected chi connectivity index (χ0v) is 12.6. The predicted molar refractivity (Wildman–Crippen MR) is 83.8 cm³/mol. The van der Waals surface area contributed by atoms with Gasteiger partial charge in [0.2, 0.25) is 0 Å². The van der Waals surface area contributed by atoms with Crippen molar-refractivity contribution in [2.24, 2.45) is 0 Å². The molecule has 0 aromatic carbocycles. The van der Waals surface area contributed by atoms with E-state index in [1.807, 2.05) is 19.1 Å². The van der Waals surface area contributed by atoms with E-state index in [0.717, 1.165) is 19.3 Å². The monoisotopic (exact) mass is 272 g/mol. The fourth-order valence-electron chi connectivity index (χ4n) is 1.49. The van der Waals surface area contributed by atoms with Crippen molar-refractivity contribution in [1.82, 2.24) is 0 Å². The second kappa shape index (κ2) is 15.1. The fraction of sp³-hybridized carbons (Fsp3) is 0.500. The lowest BCUT2D eigenvalue weighted by molar-refractivity contribution is -0.141. The van der Waals surface area contributed by atoms with Gasteiger partial charge >= 0.3 is 5.97 Å². The van der Waals surface area contributed by atoms with Crippen LogP contribution >= 0.6 is 0 Å². The van der Waals surface area contributed by atoms with Gasteiger partial charge in [0.1, 0.15) is 0 Å². The SMILES string of the molecule is CC=CC#CC#CC=CCCCCCCCOC(C)=O. The van der Waals surface area contributed by atoms with Crippen LogP contribution in [0.15, 0.2) is 24.3 Å². The number of unbranched alkanes of at least 4 members (excludes halogenated alkanes) is 5. The van der Waals surface area contributed by atoms with E-state index in [-0.39, 0.29) is 5.97 Å². The summed E-state index contributed by atoms with van der Waals surface area (Å²) in [7, 11) is 0. The minimum absolute atomic E-state index is 0.188. The molecule has 0 radical (unpaired) electrons. The first kappa shape index (κ1) is 18.1. The molecule has 0 saturated heterocycles. The maximum Gasteiger partial charge on any atom is 0.302 e. The van der Waals surface area contributed by atoms with Crippen LogP contribution in [0.25, 0.3) is 0 Å². The topological polar surface area (TPSA) is 26.3 Å². The van der Waals surface area contributed by atoms with Gasteiger partial charge in [0.15, 0.2) is 0 Å². The van der Waals surface area contributed by atoms with Crippen LogP contribution in [0.4, 0.5) is 0 Å². The second-order valence-electron chi connectivity index (χ2n) is 4.34. The van der Waals surface area contributed by atoms with Gasteiger partial charge in [-0.2, -0.15) is 0 Å². The molecule has 0 aliphatic carbocycles. The van der Waals surface area contributed by atoms with Gasteiger partial charge in [0.05, 0.1) is 6.61 Å². The summed E-state index contributed by atoms with van der Waals surface area (Å²) in [6.45, 7) is 3.93. The van der Waals surface area contributed by atoms with Crippen molar-refractivity contribution < 1.29 is 9.53 Å². The highest BCUT2D eigenvalue weighted by atomic mass is 16.5. The Bertz CT molecular complexity index is 422. The molecule has 0 unspecified atom stereocenters. The molecule has 2 heteroatoms. The number of ether oxygens (including phenoxy) is 1. The lowest BCUT2D eigenvalue weighted by Gasteiger charge is -2.01. The molecular formula is C18H24O2. The summed E-state index contributed by atoms with van der Waals surface area (Å²) in [5.74, 6) is 11.0. The molecule has 0 bridgehead atoms. The molecule has 0 heterocycles. The van der Waals surface area contributed by atoms with Gasteiger partial charge in [-0.05, 0) is 50.2 Å². The minimum atomic E-state index is -0.188. The molecule has 108 valence electrons. The van der Waals surface area contributed by atoms with E-state index < -0.39 is 0 Å². The standard InChI is InChI=1S/C18H24O2/c1-3-4-5-6-7-8-9-10-11-12-13-14-15-16-17-20-18(2)19/h3-4,9-10H,11-17H2,1-2H3. The summed E-state index contributed by atoms with van der Waals surface area (Å²) < 4.78 is 4.87. The van der Waals surface area contributed by atoms with E-state index in [4.69, 9.17) is 4.74 Å². The number of hydrogen-bond acceptors (Lipinski definition) is 2. The van der Waals surface area contributed by atoms with Gasteiger partial charge in [-0.15, -0.1) is 0 Å². The molecule has 0 aromatic rings. The Labute approximate surface area is 123 Å². The van der Waals surface area contributed by atoms with E-state index in [0.29, 0.717) is 6.61 Å². The van der Waals surface area contributed by atoms with Crippen molar-refractivity contribution in [1.29, 1.82) is 0 Å². The van der Waals surface area contributed by atoms with Crippen molar-refractivity contribution in [3.05, 3.63) is 24.3 Å². The molecule has 0 spiro atoms. The molecule has 0 rings (SSSR count). The van der Waals surface area contributed by atoms with Crippen molar-refractivity contribution >= 4 is 5.97 Å². The predicted octanol–water partition coefficient (Wildman–Crippen LogP) is 4.03. The van der Waals surface area contributed by atoms with Crippen LogP contribution in [-0.2, 0) is 9.53 Å². The Morgan fingerprint density at radius 3 is 2.35 bits per heavy atom. The molecule has 20 heavy (non-hydrogen) atoms. The van der Waals surface area contributed by atoms with Crippen LogP contribution in [0.5, 0.6) is 0 Å². The molecule has 0 aliphatic heterocycles. The summed E-state index contributed by atoms with van der Waals surface area (Å²) in [5, 5.41) is 0. The van der Waals surface area contributed by atoms with Crippen LogP contribution < -0.4 is 0 Å². The van der Waals surface area contributed by atoms with Crippen LogP contribution in [0.3, 0.4) is 0 Å². The Hall–Kier alpha value is -1.93. The third-order valence-corrected chi connectivity index (χ3v) is 2.48. The zero-order chi connectivity index (χ0) is 14.9. The third-order valence-electron chi connectivity index (χ3n) is 2.48. The van der Waals surface area contributed by atoms with Gasteiger partial charge in [0.25, 0.3) is 0 Å². The minimum Gasteiger partial charge on any atom is -0.466 e. The molecule has 0 fully saturated rings. The first-order valence-corrected chi connectivity index (χ1v) is 7.18. The lowest BCUT2D eigenvalue weighted by atomic mass is 10.1. The molecule has 2 nitrogen and oxygen atoms in total. The molecule has 0 N–H and O–H groups in total. The molecule has 0 aromatic heterocycles. The number of rotatable bonds is 8. The Morgan fingerprint density at radius 2 is 1.65 bits per heavy atom. The highest BCUT2D eigenvalue weighted by molar-refractivity contribution is 5.65. The lowest BCUT2D eigenvalue weighted by Crippen LogP contribution is -1.99. The van der Waals surface area contributed by atoms with E-state index in [9.17, 15) is 4.79 Å². The van der Waals surface area contributed by atoms with Gasteiger partial charge in [-0.1, -0.05) is 43.3 Å². The van der Waals surface area contributed by atoms with Crippen molar-refractivity contribution in [3.8, 4) is 23.7 Å². The van der Waals surface area contributed by atoms with Crippen LogP contribution in [0.2, 0.25) is 0 Å². The maximum atomic E-state index is 10.5. The number of carbonyl (C=O) groups excluding carboxylic acids is 1. The van der Waals surface area contributed by atoms with Gasteiger partial charge in [-0.25, -0.2) is 0 Å². The molecule has 0 amide bonds. The quantitative estimate of drug-likeness (QED) is 0.379. The first-order valence-electron chi connectivity index (χ1n) is 7.18. The molecular weight excluding hydrogens is 248 g/mol. The van der Waals surface area contributed by atoms with Crippen LogP contribution in [0.1, 0.15) is 52.4 Å². The van der Waals surface area contributed by atoms with Gasteiger partial charge < -0.3 is 4.74 Å². The van der Waals surface area contributed by atoms with Gasteiger partial charge in [-0.3, -0.25) is 4.79 Å². The van der Waals surface area contributed by atoms with E-state index in [1.165, 1.54) is 26.2 Å². The number of allylic oxidation sites excluding steroid dienone is 4. The van der Waals surface area contributed by atoms with Crippen molar-refractivity contribution in [2.45, 2.75) is 52.4 Å². The summed E-state index contributed by atoms with van der Waals surface area (Å²) >= 11 is 0. The Balaban J connectivity index is 3.36. The second-order valence-corrected chi connectivity index (χ2v) is 4.34. The number of carbonyl (C=O) groups is 1. The number of esters is 1. The van der Waals surface area contributed by atoms with E-state index in [2.05, 4.69) is 29.8 Å².